The Labute approximate surface area is 153 Å². The first kappa shape index (κ1) is 19.9. The summed E-state index contributed by atoms with van der Waals surface area (Å²) in [7, 11) is 0. The van der Waals surface area contributed by atoms with Crippen LogP contribution in [0.4, 0.5) is 18.0 Å². The number of likely N-dealkylation sites (tertiary alicyclic amines) is 1. The van der Waals surface area contributed by atoms with Crippen molar-refractivity contribution >= 4 is 22.0 Å². The normalized spacial score (nSPS) is 16.8. The Morgan fingerprint density at radius 1 is 1.32 bits per heavy atom. The van der Waals surface area contributed by atoms with E-state index in [1.807, 2.05) is 13.8 Å². The summed E-state index contributed by atoms with van der Waals surface area (Å²) in [5.41, 5.74) is -0.945. The molecular formula is C17H21BrF3NO3. The Morgan fingerprint density at radius 3 is 2.40 bits per heavy atom. The van der Waals surface area contributed by atoms with Crippen molar-refractivity contribution in [1.82, 2.24) is 4.90 Å². The van der Waals surface area contributed by atoms with Crippen molar-refractivity contribution in [3.8, 4) is 5.75 Å². The topological polar surface area (TPSA) is 49.8 Å². The summed E-state index contributed by atoms with van der Waals surface area (Å²) in [4.78, 5) is 12.4. The third kappa shape index (κ3) is 5.03. The number of hydrogen-bond acceptors (Lipinski definition) is 2. The number of ether oxygens (including phenoxy) is 1. The maximum Gasteiger partial charge on any atom is 0.416 e. The average Bonchev–Trinajstić information content (AvgIpc) is 2.53. The Balaban J connectivity index is 1.97. The summed E-state index contributed by atoms with van der Waals surface area (Å²) in [6, 6.07) is 3.32. The van der Waals surface area contributed by atoms with E-state index in [4.69, 9.17) is 9.84 Å². The molecule has 0 saturated carbocycles. The van der Waals surface area contributed by atoms with Gasteiger partial charge in [0.25, 0.3) is 0 Å². The number of alkyl halides is 3. The van der Waals surface area contributed by atoms with Crippen LogP contribution in [0.15, 0.2) is 22.7 Å². The van der Waals surface area contributed by atoms with Gasteiger partial charge >= 0.3 is 12.3 Å². The minimum Gasteiger partial charge on any atom is -0.492 e. The largest absolute Gasteiger partial charge is 0.492 e. The van der Waals surface area contributed by atoms with Gasteiger partial charge in [0.15, 0.2) is 0 Å². The van der Waals surface area contributed by atoms with Crippen molar-refractivity contribution in [3.05, 3.63) is 28.2 Å². The number of nitrogens with zero attached hydrogens (tertiary/aromatic N) is 1. The molecule has 1 aliphatic heterocycles. The van der Waals surface area contributed by atoms with Gasteiger partial charge < -0.3 is 14.7 Å². The van der Waals surface area contributed by atoms with Crippen LogP contribution in [0, 0.1) is 11.3 Å². The molecule has 0 atom stereocenters. The quantitative estimate of drug-likeness (QED) is 0.717. The predicted molar refractivity (Wildman–Crippen MR) is 90.7 cm³/mol. The van der Waals surface area contributed by atoms with Crippen molar-refractivity contribution in [2.24, 2.45) is 11.3 Å². The molecule has 1 saturated heterocycles. The molecule has 1 amide bonds. The highest BCUT2D eigenvalue weighted by atomic mass is 79.9. The smallest absolute Gasteiger partial charge is 0.416 e. The Kier molecular flexibility index (Phi) is 5.91. The number of hydrogen-bond donors (Lipinski definition) is 1. The highest BCUT2D eigenvalue weighted by Crippen LogP contribution is 2.38. The van der Waals surface area contributed by atoms with E-state index in [1.165, 1.54) is 11.0 Å². The molecule has 1 fully saturated rings. The van der Waals surface area contributed by atoms with Crippen LogP contribution in [0.3, 0.4) is 0 Å². The lowest BCUT2D eigenvalue weighted by molar-refractivity contribution is -0.137. The first-order chi connectivity index (χ1) is 11.5. The molecule has 25 heavy (non-hydrogen) atoms. The minimum absolute atomic E-state index is 0.216. The molecule has 0 bridgehead atoms. The third-order valence-electron chi connectivity index (χ3n) is 4.73. The maximum absolute atomic E-state index is 12.7. The van der Waals surface area contributed by atoms with Crippen LogP contribution < -0.4 is 4.74 Å². The number of amides is 1. The lowest BCUT2D eigenvalue weighted by Crippen LogP contribution is -2.43. The average molecular weight is 424 g/mol. The molecule has 1 N–H and O–H groups in total. The van der Waals surface area contributed by atoms with Gasteiger partial charge in [-0.25, -0.2) is 4.79 Å². The van der Waals surface area contributed by atoms with Gasteiger partial charge in [-0.2, -0.15) is 13.2 Å². The zero-order valence-electron chi connectivity index (χ0n) is 14.1. The molecule has 1 heterocycles. The molecule has 2 rings (SSSR count). The molecule has 0 spiro atoms. The summed E-state index contributed by atoms with van der Waals surface area (Å²) < 4.78 is 44.1. The van der Waals surface area contributed by atoms with Crippen LogP contribution in [-0.4, -0.2) is 35.8 Å². The van der Waals surface area contributed by atoms with Gasteiger partial charge in [-0.15, -0.1) is 0 Å². The molecule has 140 valence electrons. The molecular weight excluding hydrogens is 403 g/mol. The second kappa shape index (κ2) is 7.43. The van der Waals surface area contributed by atoms with Gasteiger partial charge in [-0.3, -0.25) is 0 Å². The number of halogens is 4. The van der Waals surface area contributed by atoms with E-state index in [2.05, 4.69) is 15.9 Å². The van der Waals surface area contributed by atoms with Crippen LogP contribution in [0.1, 0.15) is 32.3 Å². The first-order valence-electron chi connectivity index (χ1n) is 7.98. The lowest BCUT2D eigenvalue weighted by atomic mass is 9.74. The predicted octanol–water partition coefficient (Wildman–Crippen LogP) is 5.26. The van der Waals surface area contributed by atoms with Gasteiger partial charge in [0, 0.05) is 18.5 Å². The summed E-state index contributed by atoms with van der Waals surface area (Å²) >= 11 is 3.13. The van der Waals surface area contributed by atoms with Crippen LogP contribution in [-0.2, 0) is 6.18 Å². The summed E-state index contributed by atoms with van der Waals surface area (Å²) in [5.74, 6) is 0.653. The van der Waals surface area contributed by atoms with E-state index >= 15 is 0 Å². The fraction of sp³-hybridized carbons (Fsp3) is 0.588. The van der Waals surface area contributed by atoms with Crippen molar-refractivity contribution in [1.29, 1.82) is 0 Å². The maximum atomic E-state index is 12.7. The van der Waals surface area contributed by atoms with Crippen molar-refractivity contribution in [2.45, 2.75) is 32.9 Å². The van der Waals surface area contributed by atoms with Crippen molar-refractivity contribution < 1.29 is 27.8 Å². The standard InChI is InChI=1S/C17H21BrF3NO3/c1-16(2,11-5-7-22(8-6-11)15(23)24)10-25-14-4-3-12(9-13(14)18)17(19,20)21/h3-4,9,11H,5-8,10H2,1-2H3,(H,23,24). The monoisotopic (exact) mass is 423 g/mol. The van der Waals surface area contributed by atoms with Gasteiger partial charge in [0.2, 0.25) is 0 Å². The number of carboxylic acid groups (broad SMARTS) is 1. The molecule has 0 unspecified atom stereocenters. The lowest BCUT2D eigenvalue weighted by Gasteiger charge is -2.39. The number of rotatable bonds is 4. The van der Waals surface area contributed by atoms with Crippen LogP contribution in [0.5, 0.6) is 5.75 Å². The molecule has 0 aliphatic carbocycles. The zero-order valence-corrected chi connectivity index (χ0v) is 15.7. The highest BCUT2D eigenvalue weighted by molar-refractivity contribution is 9.10. The Bertz CT molecular complexity index is 626. The van der Waals surface area contributed by atoms with Gasteiger partial charge in [0.1, 0.15) is 5.75 Å². The molecule has 1 aromatic rings. The van der Waals surface area contributed by atoms with E-state index in [9.17, 15) is 18.0 Å². The Morgan fingerprint density at radius 2 is 1.92 bits per heavy atom. The van der Waals surface area contributed by atoms with Gasteiger partial charge in [0.05, 0.1) is 16.6 Å². The van der Waals surface area contributed by atoms with Gasteiger partial charge in [-0.05, 0) is 52.9 Å². The van der Waals surface area contributed by atoms with E-state index in [-0.39, 0.29) is 15.8 Å². The molecule has 1 aromatic carbocycles. The van der Waals surface area contributed by atoms with E-state index in [1.54, 1.807) is 0 Å². The highest BCUT2D eigenvalue weighted by Gasteiger charge is 2.35. The van der Waals surface area contributed by atoms with Crippen LogP contribution in [0.25, 0.3) is 0 Å². The summed E-state index contributed by atoms with van der Waals surface area (Å²) in [6.07, 6.45) is -3.80. The van der Waals surface area contributed by atoms with E-state index in [0.717, 1.165) is 25.0 Å². The number of carbonyl (C=O) groups is 1. The fourth-order valence-corrected chi connectivity index (χ4v) is 3.52. The zero-order chi connectivity index (χ0) is 18.8. The van der Waals surface area contributed by atoms with Crippen LogP contribution in [0.2, 0.25) is 0 Å². The number of piperidine rings is 1. The molecule has 0 aromatic heterocycles. The van der Waals surface area contributed by atoms with Gasteiger partial charge in [-0.1, -0.05) is 13.8 Å². The second-order valence-corrected chi connectivity index (χ2v) is 7.82. The molecule has 4 nitrogen and oxygen atoms in total. The molecule has 8 heteroatoms. The second-order valence-electron chi connectivity index (χ2n) is 6.96. The van der Waals surface area contributed by atoms with Crippen LogP contribution >= 0.6 is 15.9 Å². The minimum atomic E-state index is -4.39. The first-order valence-corrected chi connectivity index (χ1v) is 8.77. The summed E-state index contributed by atoms with van der Waals surface area (Å²) in [5, 5.41) is 9.01. The third-order valence-corrected chi connectivity index (χ3v) is 5.35. The number of benzene rings is 1. The van der Waals surface area contributed by atoms with E-state index < -0.39 is 17.8 Å². The van der Waals surface area contributed by atoms with E-state index in [0.29, 0.717) is 25.4 Å². The van der Waals surface area contributed by atoms with Crippen molar-refractivity contribution in [3.63, 3.8) is 0 Å². The fourth-order valence-electron chi connectivity index (χ4n) is 3.03. The summed E-state index contributed by atoms with van der Waals surface area (Å²) in [6.45, 7) is 5.40. The molecule has 0 radical (unpaired) electrons. The molecule has 1 aliphatic rings. The van der Waals surface area contributed by atoms with Crippen molar-refractivity contribution in [2.75, 3.05) is 19.7 Å². The Hall–Kier alpha value is -1.44. The SMILES string of the molecule is CC(C)(COc1ccc(C(F)(F)F)cc1Br)C1CCN(C(=O)O)CC1.